The fraction of sp³-hybridized carbons (Fsp3) is 0.188. The monoisotopic (exact) mass is 253 g/mol. The third-order valence-corrected chi connectivity index (χ3v) is 3.44. The predicted molar refractivity (Wildman–Crippen MR) is 74.7 cm³/mol. The second kappa shape index (κ2) is 4.76. The van der Waals surface area contributed by atoms with Crippen molar-refractivity contribution < 1.29 is 9.53 Å². The molecule has 0 spiro atoms. The largest absolute Gasteiger partial charge is 0.497 e. The Morgan fingerprint density at radius 1 is 1.16 bits per heavy atom. The van der Waals surface area contributed by atoms with Crippen LogP contribution >= 0.6 is 0 Å². The first-order valence-corrected chi connectivity index (χ1v) is 6.30. The molecule has 0 saturated carbocycles. The van der Waals surface area contributed by atoms with Crippen molar-refractivity contribution in [2.45, 2.75) is 12.5 Å². The molecule has 0 heterocycles. The highest BCUT2D eigenvalue weighted by Gasteiger charge is 2.29. The summed E-state index contributed by atoms with van der Waals surface area (Å²) in [4.78, 5) is 12.0. The van der Waals surface area contributed by atoms with Gasteiger partial charge in [-0.2, -0.15) is 0 Å². The lowest BCUT2D eigenvalue weighted by Gasteiger charge is -2.15. The molecule has 1 aliphatic carbocycles. The minimum atomic E-state index is 0.0278. The molecular weight excluding hydrogens is 238 g/mol. The molecule has 0 saturated heterocycles. The van der Waals surface area contributed by atoms with Crippen LogP contribution in [0.2, 0.25) is 0 Å². The van der Waals surface area contributed by atoms with Crippen molar-refractivity contribution in [2.75, 3.05) is 12.4 Å². The van der Waals surface area contributed by atoms with Gasteiger partial charge >= 0.3 is 0 Å². The summed E-state index contributed by atoms with van der Waals surface area (Å²) < 4.78 is 5.23. The number of Topliss-reactive ketones (excluding diaryl/α,β-unsaturated/α-hetero) is 1. The van der Waals surface area contributed by atoms with E-state index in [-0.39, 0.29) is 11.8 Å². The Labute approximate surface area is 112 Å². The number of ether oxygens (including phenoxy) is 1. The molecule has 3 rings (SSSR count). The lowest BCUT2D eigenvalue weighted by Crippen LogP contribution is -2.07. The van der Waals surface area contributed by atoms with E-state index in [0.29, 0.717) is 6.42 Å². The van der Waals surface area contributed by atoms with Crippen LogP contribution < -0.4 is 10.1 Å². The second-order valence-corrected chi connectivity index (χ2v) is 4.64. The maximum Gasteiger partial charge on any atom is 0.165 e. The van der Waals surface area contributed by atoms with Gasteiger partial charge in [-0.3, -0.25) is 4.79 Å². The molecular formula is C16H15NO2. The quantitative estimate of drug-likeness (QED) is 0.910. The van der Waals surface area contributed by atoms with Gasteiger partial charge in [0, 0.05) is 17.7 Å². The highest BCUT2D eigenvalue weighted by Crippen LogP contribution is 2.35. The number of hydrogen-bond acceptors (Lipinski definition) is 3. The number of ketones is 1. The Hall–Kier alpha value is -2.29. The molecule has 1 N–H and O–H groups in total. The molecule has 19 heavy (non-hydrogen) atoms. The molecule has 0 aliphatic heterocycles. The topological polar surface area (TPSA) is 38.3 Å². The summed E-state index contributed by atoms with van der Waals surface area (Å²) in [6.45, 7) is 0. The summed E-state index contributed by atoms with van der Waals surface area (Å²) in [7, 11) is 1.64. The summed E-state index contributed by atoms with van der Waals surface area (Å²) in [6, 6.07) is 15.6. The van der Waals surface area contributed by atoms with Gasteiger partial charge in [-0.05, 0) is 35.9 Å². The van der Waals surface area contributed by atoms with Gasteiger partial charge in [0.05, 0.1) is 13.2 Å². The molecule has 3 nitrogen and oxygen atoms in total. The molecule has 0 fully saturated rings. The van der Waals surface area contributed by atoms with E-state index in [1.54, 1.807) is 7.11 Å². The van der Waals surface area contributed by atoms with Crippen LogP contribution in [0.15, 0.2) is 48.5 Å². The lowest BCUT2D eigenvalue weighted by atomic mass is 10.1. The summed E-state index contributed by atoms with van der Waals surface area (Å²) in [5.74, 6) is 0.972. The number of fused-ring (bicyclic) bond motifs is 1. The highest BCUT2D eigenvalue weighted by atomic mass is 16.5. The first-order valence-electron chi connectivity index (χ1n) is 6.30. The fourth-order valence-corrected chi connectivity index (χ4v) is 2.48. The van der Waals surface area contributed by atoms with Crippen molar-refractivity contribution in [2.24, 2.45) is 0 Å². The summed E-state index contributed by atoms with van der Waals surface area (Å²) in [5.41, 5.74) is 2.85. The Morgan fingerprint density at radius 3 is 2.68 bits per heavy atom. The maximum absolute atomic E-state index is 12.0. The molecule has 0 bridgehead atoms. The van der Waals surface area contributed by atoms with Crippen LogP contribution in [0, 0.1) is 0 Å². The summed E-state index contributed by atoms with van der Waals surface area (Å²) >= 11 is 0. The predicted octanol–water partition coefficient (Wildman–Crippen LogP) is 3.43. The van der Waals surface area contributed by atoms with Crippen molar-refractivity contribution >= 4 is 11.5 Å². The molecule has 1 aliphatic rings. The van der Waals surface area contributed by atoms with Crippen LogP contribution in [0.3, 0.4) is 0 Å². The minimum absolute atomic E-state index is 0.0278. The fourth-order valence-electron chi connectivity index (χ4n) is 2.48. The Balaban J connectivity index is 1.92. The molecule has 2 aromatic rings. The van der Waals surface area contributed by atoms with Crippen LogP contribution in [0.4, 0.5) is 5.69 Å². The Bertz CT molecular complexity index is 607. The van der Waals surface area contributed by atoms with Crippen molar-refractivity contribution in [3.8, 4) is 5.75 Å². The zero-order chi connectivity index (χ0) is 13.2. The van der Waals surface area contributed by atoms with Crippen molar-refractivity contribution in [1.82, 2.24) is 0 Å². The van der Waals surface area contributed by atoms with Crippen LogP contribution in [-0.4, -0.2) is 12.9 Å². The van der Waals surface area contributed by atoms with Crippen LogP contribution in [0.5, 0.6) is 5.75 Å². The second-order valence-electron chi connectivity index (χ2n) is 4.64. The van der Waals surface area contributed by atoms with E-state index in [2.05, 4.69) is 5.32 Å². The molecule has 2 aromatic carbocycles. The smallest absolute Gasteiger partial charge is 0.165 e. The number of hydrogen-bond donors (Lipinski definition) is 1. The van der Waals surface area contributed by atoms with Crippen molar-refractivity contribution in [1.29, 1.82) is 0 Å². The average molecular weight is 253 g/mol. The van der Waals surface area contributed by atoms with Gasteiger partial charge in [-0.25, -0.2) is 0 Å². The standard InChI is InChI=1S/C16H15NO2/c1-19-12-7-8-13-14(9-12)15(10-16(13)18)17-11-5-3-2-4-6-11/h2-9,15,17H,10H2,1H3/t15-/m1/s1. The molecule has 0 amide bonds. The normalized spacial score (nSPS) is 17.1. The lowest BCUT2D eigenvalue weighted by molar-refractivity contribution is 0.0990. The van der Waals surface area contributed by atoms with Crippen molar-refractivity contribution in [3.05, 3.63) is 59.7 Å². The van der Waals surface area contributed by atoms with Gasteiger partial charge in [0.1, 0.15) is 5.75 Å². The number of methoxy groups -OCH3 is 1. The number of para-hydroxylation sites is 1. The minimum Gasteiger partial charge on any atom is -0.497 e. The van der Waals surface area contributed by atoms with Crippen molar-refractivity contribution in [3.63, 3.8) is 0 Å². The number of anilines is 1. The van der Waals surface area contributed by atoms with E-state index in [1.807, 2.05) is 48.5 Å². The molecule has 3 heteroatoms. The van der Waals surface area contributed by atoms with Crippen LogP contribution in [0.1, 0.15) is 28.4 Å². The van der Waals surface area contributed by atoms with Crippen LogP contribution in [-0.2, 0) is 0 Å². The summed E-state index contributed by atoms with van der Waals surface area (Å²) in [6.07, 6.45) is 0.497. The van der Waals surface area contributed by atoms with E-state index in [9.17, 15) is 4.79 Å². The van der Waals surface area contributed by atoms with Gasteiger partial charge in [0.25, 0.3) is 0 Å². The number of carbonyl (C=O) groups excluding carboxylic acids is 1. The van der Waals surface area contributed by atoms with E-state index >= 15 is 0 Å². The third kappa shape index (κ3) is 2.19. The molecule has 0 unspecified atom stereocenters. The van der Waals surface area contributed by atoms with Gasteiger partial charge in [-0.1, -0.05) is 18.2 Å². The number of carbonyl (C=O) groups is 1. The molecule has 1 atom stereocenters. The Kier molecular flexibility index (Phi) is 2.95. The van der Waals surface area contributed by atoms with E-state index in [1.165, 1.54) is 0 Å². The zero-order valence-corrected chi connectivity index (χ0v) is 10.7. The third-order valence-electron chi connectivity index (χ3n) is 3.44. The van der Waals surface area contributed by atoms with E-state index in [0.717, 1.165) is 22.6 Å². The molecule has 0 radical (unpaired) electrons. The van der Waals surface area contributed by atoms with Crippen LogP contribution in [0.25, 0.3) is 0 Å². The average Bonchev–Trinajstić information content (AvgIpc) is 2.76. The Morgan fingerprint density at radius 2 is 1.95 bits per heavy atom. The highest BCUT2D eigenvalue weighted by molar-refractivity contribution is 6.01. The molecule has 96 valence electrons. The number of benzene rings is 2. The maximum atomic E-state index is 12.0. The first kappa shape index (κ1) is 11.8. The SMILES string of the molecule is COc1ccc2c(c1)[C@H](Nc1ccccc1)CC2=O. The zero-order valence-electron chi connectivity index (χ0n) is 10.7. The van der Waals surface area contributed by atoms with Gasteiger partial charge in [0.2, 0.25) is 0 Å². The van der Waals surface area contributed by atoms with E-state index < -0.39 is 0 Å². The van der Waals surface area contributed by atoms with E-state index in [4.69, 9.17) is 4.74 Å². The van der Waals surface area contributed by atoms with Gasteiger partial charge in [0.15, 0.2) is 5.78 Å². The number of rotatable bonds is 3. The van der Waals surface area contributed by atoms with Gasteiger partial charge in [-0.15, -0.1) is 0 Å². The summed E-state index contributed by atoms with van der Waals surface area (Å²) in [5, 5.41) is 3.40. The first-order chi connectivity index (χ1) is 9.28. The van der Waals surface area contributed by atoms with Gasteiger partial charge < -0.3 is 10.1 Å². The number of nitrogens with one attached hydrogen (secondary N) is 1. The molecule has 0 aromatic heterocycles.